The zero-order chi connectivity index (χ0) is 28.2. The molecule has 0 amide bonds. The van der Waals surface area contributed by atoms with Gasteiger partial charge in [-0.1, -0.05) is 91.0 Å². The van der Waals surface area contributed by atoms with Gasteiger partial charge in [0.15, 0.2) is 0 Å². The SMILES string of the molecule is CCN(CC)C(=S)OC[C@H]1O[C@@H](F)[C@H](OCc2ccccc2)[C@@H](OCc2ccccc2)[C@H]1OCc1ccccc1. The predicted octanol–water partition coefficient (Wildman–Crippen LogP) is 6.08. The van der Waals surface area contributed by atoms with Crippen LogP contribution in [0.1, 0.15) is 30.5 Å². The van der Waals surface area contributed by atoms with Gasteiger partial charge in [0.1, 0.15) is 31.0 Å². The van der Waals surface area contributed by atoms with Gasteiger partial charge in [0.05, 0.1) is 19.8 Å². The Labute approximate surface area is 242 Å². The van der Waals surface area contributed by atoms with Crippen molar-refractivity contribution >= 4 is 17.4 Å². The summed E-state index contributed by atoms with van der Waals surface area (Å²) in [6.45, 7) is 6.20. The van der Waals surface area contributed by atoms with Crippen molar-refractivity contribution in [3.8, 4) is 0 Å². The molecule has 0 spiro atoms. The van der Waals surface area contributed by atoms with Crippen LogP contribution in [0, 0.1) is 0 Å². The molecule has 1 fully saturated rings. The van der Waals surface area contributed by atoms with E-state index in [0.29, 0.717) is 24.9 Å². The maximum absolute atomic E-state index is 15.7. The van der Waals surface area contributed by atoms with E-state index in [1.54, 1.807) is 0 Å². The van der Waals surface area contributed by atoms with Gasteiger partial charge in [-0.25, -0.2) is 4.39 Å². The van der Waals surface area contributed by atoms with Crippen molar-refractivity contribution < 1.29 is 28.1 Å². The van der Waals surface area contributed by atoms with Gasteiger partial charge in [0, 0.05) is 13.1 Å². The first-order chi connectivity index (χ1) is 19.6. The maximum atomic E-state index is 15.7. The Bertz CT molecular complexity index is 1140. The highest BCUT2D eigenvalue weighted by Crippen LogP contribution is 2.31. The van der Waals surface area contributed by atoms with Crippen molar-refractivity contribution in [1.29, 1.82) is 0 Å². The third-order valence-corrected chi connectivity index (χ3v) is 7.20. The van der Waals surface area contributed by atoms with E-state index in [9.17, 15) is 0 Å². The minimum Gasteiger partial charge on any atom is -0.468 e. The molecular formula is C32H38FNO5S. The Morgan fingerprint density at radius 2 is 1.12 bits per heavy atom. The molecule has 0 aromatic heterocycles. The molecule has 0 radical (unpaired) electrons. The van der Waals surface area contributed by atoms with Gasteiger partial charge in [-0.05, 0) is 42.8 Å². The predicted molar refractivity (Wildman–Crippen MR) is 156 cm³/mol. The lowest BCUT2D eigenvalue weighted by Crippen LogP contribution is -2.60. The molecule has 0 saturated carbocycles. The van der Waals surface area contributed by atoms with Crippen molar-refractivity contribution in [1.82, 2.24) is 4.90 Å². The highest BCUT2D eigenvalue weighted by Gasteiger charge is 2.49. The molecule has 6 nitrogen and oxygen atoms in total. The van der Waals surface area contributed by atoms with Gasteiger partial charge in [0.2, 0.25) is 6.36 Å². The van der Waals surface area contributed by atoms with E-state index in [2.05, 4.69) is 0 Å². The minimum atomic E-state index is -1.75. The van der Waals surface area contributed by atoms with Crippen LogP contribution in [0.3, 0.4) is 0 Å². The number of nitrogens with zero attached hydrogens (tertiary/aromatic N) is 1. The van der Waals surface area contributed by atoms with E-state index in [1.165, 1.54) is 0 Å². The number of benzene rings is 3. The van der Waals surface area contributed by atoms with Gasteiger partial charge in [-0.15, -0.1) is 0 Å². The van der Waals surface area contributed by atoms with Gasteiger partial charge < -0.3 is 28.6 Å². The summed E-state index contributed by atoms with van der Waals surface area (Å²) in [5.74, 6) is 0. The normalized spacial score (nSPS) is 22.5. The van der Waals surface area contributed by atoms with Crippen LogP contribution in [0.15, 0.2) is 91.0 Å². The number of hydrogen-bond acceptors (Lipinski definition) is 6. The molecule has 8 heteroatoms. The quantitative estimate of drug-likeness (QED) is 0.232. The smallest absolute Gasteiger partial charge is 0.259 e. The molecular weight excluding hydrogens is 529 g/mol. The van der Waals surface area contributed by atoms with E-state index in [-0.39, 0.29) is 19.8 Å². The second kappa shape index (κ2) is 15.8. The Morgan fingerprint density at radius 3 is 1.57 bits per heavy atom. The molecule has 1 saturated heterocycles. The average Bonchev–Trinajstić information content (AvgIpc) is 3.00. The van der Waals surface area contributed by atoms with Crippen LogP contribution < -0.4 is 0 Å². The summed E-state index contributed by atoms with van der Waals surface area (Å²) in [5, 5.41) is 0.343. The van der Waals surface area contributed by atoms with Crippen molar-refractivity contribution in [2.75, 3.05) is 19.7 Å². The number of alkyl halides is 1. The zero-order valence-corrected chi connectivity index (χ0v) is 23.9. The molecule has 0 aliphatic carbocycles. The summed E-state index contributed by atoms with van der Waals surface area (Å²) in [7, 11) is 0. The van der Waals surface area contributed by atoms with Crippen LogP contribution >= 0.6 is 12.2 Å². The molecule has 1 aliphatic heterocycles. The fraction of sp³-hybridized carbons (Fsp3) is 0.406. The van der Waals surface area contributed by atoms with Gasteiger partial charge in [-0.2, -0.15) is 0 Å². The second-order valence-electron chi connectivity index (χ2n) is 9.56. The van der Waals surface area contributed by atoms with E-state index >= 15 is 4.39 Å². The third-order valence-electron chi connectivity index (χ3n) is 6.83. The van der Waals surface area contributed by atoms with Gasteiger partial charge in [-0.3, -0.25) is 0 Å². The summed E-state index contributed by atoms with van der Waals surface area (Å²) in [6.07, 6.45) is -5.00. The monoisotopic (exact) mass is 567 g/mol. The molecule has 1 heterocycles. The number of thiocarbonyl (C=S) groups is 1. The Hall–Kier alpha value is -2.88. The molecule has 214 valence electrons. The minimum absolute atomic E-state index is 0.0197. The largest absolute Gasteiger partial charge is 0.468 e. The summed E-state index contributed by atoms with van der Waals surface area (Å²) in [6, 6.07) is 29.2. The van der Waals surface area contributed by atoms with Crippen molar-refractivity contribution in [3.63, 3.8) is 0 Å². The van der Waals surface area contributed by atoms with Gasteiger partial charge >= 0.3 is 0 Å². The maximum Gasteiger partial charge on any atom is 0.259 e. The summed E-state index contributed by atoms with van der Waals surface area (Å²) < 4.78 is 46.5. The molecule has 3 aromatic rings. The van der Waals surface area contributed by atoms with Crippen LogP contribution in [0.4, 0.5) is 4.39 Å². The van der Waals surface area contributed by atoms with Crippen LogP contribution in [0.25, 0.3) is 0 Å². The first kappa shape index (κ1) is 30.1. The Morgan fingerprint density at radius 1 is 0.700 bits per heavy atom. The average molecular weight is 568 g/mol. The summed E-state index contributed by atoms with van der Waals surface area (Å²) >= 11 is 5.47. The molecule has 4 rings (SSSR count). The fourth-order valence-electron chi connectivity index (χ4n) is 4.59. The van der Waals surface area contributed by atoms with E-state index in [0.717, 1.165) is 16.7 Å². The number of rotatable bonds is 13. The summed E-state index contributed by atoms with van der Waals surface area (Å²) in [5.41, 5.74) is 2.86. The van der Waals surface area contributed by atoms with Crippen LogP contribution in [0.2, 0.25) is 0 Å². The van der Waals surface area contributed by atoms with Crippen molar-refractivity contribution in [2.24, 2.45) is 0 Å². The van der Waals surface area contributed by atoms with Crippen LogP contribution in [-0.4, -0.2) is 60.5 Å². The molecule has 0 N–H and O–H groups in total. The van der Waals surface area contributed by atoms with Crippen LogP contribution in [0.5, 0.6) is 0 Å². The summed E-state index contributed by atoms with van der Waals surface area (Å²) in [4.78, 5) is 1.92. The number of halogens is 1. The number of ether oxygens (including phenoxy) is 5. The van der Waals surface area contributed by atoms with E-state index in [4.69, 9.17) is 35.9 Å². The Balaban J connectivity index is 1.57. The lowest BCUT2D eigenvalue weighted by atomic mass is 9.98. The molecule has 3 aromatic carbocycles. The third kappa shape index (κ3) is 8.56. The Kier molecular flexibility index (Phi) is 11.9. The molecule has 40 heavy (non-hydrogen) atoms. The molecule has 5 atom stereocenters. The molecule has 0 unspecified atom stereocenters. The zero-order valence-electron chi connectivity index (χ0n) is 23.1. The number of hydrogen-bond donors (Lipinski definition) is 0. The highest BCUT2D eigenvalue weighted by molar-refractivity contribution is 7.80. The molecule has 1 aliphatic rings. The van der Waals surface area contributed by atoms with E-state index in [1.807, 2.05) is 110 Å². The standard InChI is InChI=1S/C32H38FNO5S/c1-3-34(4-2)32(40)38-23-27-28(35-20-24-14-8-5-9-15-24)29(36-21-25-16-10-6-11-17-25)30(31(33)39-27)37-22-26-18-12-7-13-19-26/h5-19,27-31H,3-4,20-23H2,1-2H3/t27-,28+,29+,30-,31-/m1/s1. The molecule has 0 bridgehead atoms. The van der Waals surface area contributed by atoms with Crippen molar-refractivity contribution in [2.45, 2.75) is 64.4 Å². The topological polar surface area (TPSA) is 49.4 Å². The first-order valence-corrected chi connectivity index (χ1v) is 14.2. The fourth-order valence-corrected chi connectivity index (χ4v) is 4.92. The van der Waals surface area contributed by atoms with Gasteiger partial charge in [0.25, 0.3) is 5.17 Å². The highest BCUT2D eigenvalue weighted by atomic mass is 32.1. The van der Waals surface area contributed by atoms with Crippen LogP contribution in [-0.2, 0) is 43.5 Å². The second-order valence-corrected chi connectivity index (χ2v) is 9.91. The lowest BCUT2D eigenvalue weighted by molar-refractivity contribution is -0.296. The first-order valence-electron chi connectivity index (χ1n) is 13.8. The lowest BCUT2D eigenvalue weighted by Gasteiger charge is -2.43. The van der Waals surface area contributed by atoms with Crippen molar-refractivity contribution in [3.05, 3.63) is 108 Å². The van der Waals surface area contributed by atoms with E-state index < -0.39 is 30.8 Å².